The molecule has 142 valence electrons. The summed E-state index contributed by atoms with van der Waals surface area (Å²) in [6.07, 6.45) is 0. The van der Waals surface area contributed by atoms with E-state index in [0.717, 1.165) is 17.0 Å². The highest BCUT2D eigenvalue weighted by atomic mass is 32.1. The van der Waals surface area contributed by atoms with Gasteiger partial charge in [0.1, 0.15) is 5.75 Å². The predicted octanol–water partition coefficient (Wildman–Crippen LogP) is 3.60. The molecule has 0 amide bonds. The molecule has 0 radical (unpaired) electrons. The molecule has 1 N–H and O–H groups in total. The van der Waals surface area contributed by atoms with Crippen molar-refractivity contribution in [1.82, 2.24) is 14.6 Å². The molecule has 0 saturated heterocycles. The lowest BCUT2D eigenvalue weighted by atomic mass is 10.1. The van der Waals surface area contributed by atoms with E-state index in [1.807, 2.05) is 12.3 Å². The number of nitrogens with zero attached hydrogens (tertiary/aromatic N) is 3. The second-order valence-electron chi connectivity index (χ2n) is 5.92. The van der Waals surface area contributed by atoms with Crippen LogP contribution in [0.4, 0.5) is 0 Å². The molecule has 0 spiro atoms. The van der Waals surface area contributed by atoms with Gasteiger partial charge in [-0.3, -0.25) is 4.79 Å². The summed E-state index contributed by atoms with van der Waals surface area (Å²) in [7, 11) is 1.49. The van der Waals surface area contributed by atoms with Gasteiger partial charge in [0.25, 0.3) is 0 Å². The Morgan fingerprint density at radius 3 is 2.61 bits per heavy atom. The van der Waals surface area contributed by atoms with Crippen LogP contribution in [0.15, 0.2) is 52.6 Å². The van der Waals surface area contributed by atoms with Gasteiger partial charge in [0.2, 0.25) is 4.96 Å². The fraction of sp³-hybridized carbons (Fsp3) is 0.150. The Morgan fingerprint density at radius 2 is 1.89 bits per heavy atom. The maximum atomic E-state index is 12.5. The van der Waals surface area contributed by atoms with Gasteiger partial charge in [-0.05, 0) is 49.4 Å². The molecule has 0 atom stereocenters. The smallest absolute Gasteiger partial charge is 0.300 e. The van der Waals surface area contributed by atoms with Crippen LogP contribution in [-0.2, 0) is 0 Å². The summed E-state index contributed by atoms with van der Waals surface area (Å²) in [5.74, 6) is 1.14. The van der Waals surface area contributed by atoms with Crippen LogP contribution in [0.5, 0.6) is 17.2 Å². The van der Waals surface area contributed by atoms with E-state index in [1.54, 1.807) is 47.0 Å². The maximum absolute atomic E-state index is 12.5. The molecule has 2 aromatic carbocycles. The summed E-state index contributed by atoms with van der Waals surface area (Å²) >= 11 is 1.32. The summed E-state index contributed by atoms with van der Waals surface area (Å²) in [5.41, 5.74) is 2.07. The van der Waals surface area contributed by atoms with Gasteiger partial charge in [-0.25, -0.2) is 4.52 Å². The normalized spacial score (nSPS) is 10.9. The van der Waals surface area contributed by atoms with Crippen molar-refractivity contribution < 1.29 is 14.6 Å². The van der Waals surface area contributed by atoms with Gasteiger partial charge >= 0.3 is 5.56 Å². The van der Waals surface area contributed by atoms with Crippen molar-refractivity contribution in [1.29, 1.82) is 0 Å². The van der Waals surface area contributed by atoms with Crippen molar-refractivity contribution >= 4 is 16.3 Å². The van der Waals surface area contributed by atoms with Crippen molar-refractivity contribution in [2.24, 2.45) is 0 Å². The first-order valence-corrected chi connectivity index (χ1v) is 9.48. The minimum Gasteiger partial charge on any atom is -0.504 e. The van der Waals surface area contributed by atoms with E-state index in [1.165, 1.54) is 18.4 Å². The first kappa shape index (κ1) is 18.0. The van der Waals surface area contributed by atoms with Gasteiger partial charge in [-0.1, -0.05) is 0 Å². The highest BCUT2D eigenvalue weighted by Crippen LogP contribution is 2.33. The van der Waals surface area contributed by atoms with Crippen LogP contribution < -0.4 is 15.0 Å². The molecule has 2 aromatic heterocycles. The molecule has 28 heavy (non-hydrogen) atoms. The minimum absolute atomic E-state index is 0.0544. The van der Waals surface area contributed by atoms with E-state index in [-0.39, 0.29) is 17.0 Å². The first-order chi connectivity index (χ1) is 13.6. The van der Waals surface area contributed by atoms with Crippen molar-refractivity contribution in [3.63, 3.8) is 0 Å². The zero-order valence-electron chi connectivity index (χ0n) is 15.2. The van der Waals surface area contributed by atoms with Crippen LogP contribution in [0.2, 0.25) is 0 Å². The lowest BCUT2D eigenvalue weighted by Gasteiger charge is -2.07. The maximum Gasteiger partial charge on any atom is 0.300 e. The van der Waals surface area contributed by atoms with E-state index in [9.17, 15) is 9.90 Å². The molecule has 8 heteroatoms. The monoisotopic (exact) mass is 395 g/mol. The molecule has 4 aromatic rings. The molecular weight excluding hydrogens is 378 g/mol. The molecule has 0 aliphatic carbocycles. The first-order valence-electron chi connectivity index (χ1n) is 8.60. The number of fused-ring (bicyclic) bond motifs is 1. The topological polar surface area (TPSA) is 86.0 Å². The number of hydrogen-bond donors (Lipinski definition) is 1. The van der Waals surface area contributed by atoms with E-state index in [0.29, 0.717) is 22.9 Å². The largest absolute Gasteiger partial charge is 0.504 e. The van der Waals surface area contributed by atoms with Crippen molar-refractivity contribution in [2.75, 3.05) is 13.7 Å². The van der Waals surface area contributed by atoms with Crippen LogP contribution in [0.3, 0.4) is 0 Å². The SMILES string of the molecule is CCOc1ccc(-c2nn3c(-c4ccc(O)c(OC)c4)csc3nc2=O)cc1. The molecule has 0 aliphatic rings. The number of ether oxygens (including phenoxy) is 2. The predicted molar refractivity (Wildman–Crippen MR) is 107 cm³/mol. The van der Waals surface area contributed by atoms with E-state index in [2.05, 4.69) is 10.1 Å². The Balaban J connectivity index is 1.83. The van der Waals surface area contributed by atoms with Crippen molar-refractivity contribution in [3.8, 4) is 39.8 Å². The number of thiazole rings is 1. The summed E-state index contributed by atoms with van der Waals surface area (Å²) < 4.78 is 12.3. The van der Waals surface area contributed by atoms with Gasteiger partial charge < -0.3 is 14.6 Å². The van der Waals surface area contributed by atoms with Crippen LogP contribution in [-0.4, -0.2) is 33.4 Å². The highest BCUT2D eigenvalue weighted by molar-refractivity contribution is 7.15. The van der Waals surface area contributed by atoms with Gasteiger partial charge in [-0.15, -0.1) is 11.3 Å². The number of benzene rings is 2. The standard InChI is InChI=1S/C20H17N3O4S/c1-3-27-14-7-4-12(5-8-14)18-19(25)21-20-23(22-18)15(11-28-20)13-6-9-16(24)17(10-13)26-2/h4-11,24H,3H2,1-2H3. The quantitative estimate of drug-likeness (QED) is 0.556. The third kappa shape index (κ3) is 3.18. The zero-order valence-corrected chi connectivity index (χ0v) is 16.1. The molecule has 0 saturated carbocycles. The molecule has 4 rings (SSSR count). The van der Waals surface area contributed by atoms with Crippen LogP contribution in [0.25, 0.3) is 27.5 Å². The van der Waals surface area contributed by atoms with Gasteiger partial charge in [0.05, 0.1) is 19.4 Å². The van der Waals surface area contributed by atoms with E-state index in [4.69, 9.17) is 9.47 Å². The van der Waals surface area contributed by atoms with Crippen LogP contribution >= 0.6 is 11.3 Å². The molecule has 0 aliphatic heterocycles. The Hall–Kier alpha value is -3.39. The lowest BCUT2D eigenvalue weighted by Crippen LogP contribution is -2.14. The average Bonchev–Trinajstić information content (AvgIpc) is 3.11. The molecule has 0 unspecified atom stereocenters. The summed E-state index contributed by atoms with van der Waals surface area (Å²) in [6, 6.07) is 12.2. The number of aromatic hydroxyl groups is 1. The van der Waals surface area contributed by atoms with Crippen LogP contribution in [0.1, 0.15) is 6.92 Å². The van der Waals surface area contributed by atoms with Crippen LogP contribution in [0, 0.1) is 0 Å². The number of phenols is 1. The molecule has 0 bridgehead atoms. The number of phenolic OH excluding ortho intramolecular Hbond substituents is 1. The average molecular weight is 395 g/mol. The Labute approximate surface area is 164 Å². The number of aromatic nitrogens is 3. The fourth-order valence-corrected chi connectivity index (χ4v) is 3.68. The fourth-order valence-electron chi connectivity index (χ4n) is 2.85. The zero-order chi connectivity index (χ0) is 19.7. The van der Waals surface area contributed by atoms with Crippen molar-refractivity contribution in [2.45, 2.75) is 6.92 Å². The summed E-state index contributed by atoms with van der Waals surface area (Å²) in [6.45, 7) is 2.48. The van der Waals surface area contributed by atoms with E-state index >= 15 is 0 Å². The summed E-state index contributed by atoms with van der Waals surface area (Å²) in [4.78, 5) is 17.1. The Morgan fingerprint density at radius 1 is 1.14 bits per heavy atom. The minimum atomic E-state index is -0.388. The second kappa shape index (κ2) is 7.32. The highest BCUT2D eigenvalue weighted by Gasteiger charge is 2.15. The molecular formula is C20H17N3O4S. The van der Waals surface area contributed by atoms with Crippen molar-refractivity contribution in [3.05, 3.63) is 58.2 Å². The third-order valence-corrected chi connectivity index (χ3v) is 5.02. The molecule has 2 heterocycles. The number of rotatable bonds is 5. The van der Waals surface area contributed by atoms with E-state index < -0.39 is 0 Å². The third-order valence-electron chi connectivity index (χ3n) is 4.20. The number of hydrogen-bond acceptors (Lipinski definition) is 7. The molecule has 7 nitrogen and oxygen atoms in total. The Kier molecular flexibility index (Phi) is 4.70. The summed E-state index contributed by atoms with van der Waals surface area (Å²) in [5, 5.41) is 16.2. The molecule has 0 fully saturated rings. The lowest BCUT2D eigenvalue weighted by molar-refractivity contribution is 0.340. The van der Waals surface area contributed by atoms with Gasteiger partial charge in [0.15, 0.2) is 17.2 Å². The van der Waals surface area contributed by atoms with Gasteiger partial charge in [-0.2, -0.15) is 10.1 Å². The Bertz CT molecular complexity index is 1200. The second-order valence-corrected chi connectivity index (χ2v) is 6.76. The number of methoxy groups -OCH3 is 1. The van der Waals surface area contributed by atoms with Gasteiger partial charge in [0, 0.05) is 16.5 Å².